The normalized spacial score (nSPS) is 15.5. The van der Waals surface area contributed by atoms with Crippen molar-refractivity contribution in [1.29, 1.82) is 0 Å². The molecular formula is C17H26N2O4S. The monoisotopic (exact) mass is 354 g/mol. The number of benzene rings is 1. The Morgan fingerprint density at radius 2 is 1.75 bits per heavy atom. The van der Waals surface area contributed by atoms with Crippen LogP contribution in [0.5, 0.6) is 0 Å². The third-order valence-corrected chi connectivity index (χ3v) is 5.65. The molecule has 0 spiro atoms. The Balaban J connectivity index is 1.74. The molecule has 0 radical (unpaired) electrons. The van der Waals surface area contributed by atoms with Crippen molar-refractivity contribution in [3.63, 3.8) is 0 Å². The van der Waals surface area contributed by atoms with Crippen molar-refractivity contribution in [3.8, 4) is 0 Å². The number of sulfonamides is 1. The summed E-state index contributed by atoms with van der Waals surface area (Å²) in [6, 6.07) is 7.20. The highest BCUT2D eigenvalue weighted by Crippen LogP contribution is 2.34. The summed E-state index contributed by atoms with van der Waals surface area (Å²) in [7, 11) is -3.51. The van der Waals surface area contributed by atoms with Crippen LogP contribution in [-0.2, 0) is 19.6 Å². The molecule has 0 aromatic heterocycles. The van der Waals surface area contributed by atoms with Crippen molar-refractivity contribution in [1.82, 2.24) is 10.0 Å². The van der Waals surface area contributed by atoms with Crippen LogP contribution in [0.2, 0.25) is 0 Å². The molecule has 0 aliphatic heterocycles. The first-order valence-electron chi connectivity index (χ1n) is 8.41. The predicted octanol–water partition coefficient (Wildman–Crippen LogP) is 1.78. The van der Waals surface area contributed by atoms with Gasteiger partial charge in [-0.3, -0.25) is 4.79 Å². The summed E-state index contributed by atoms with van der Waals surface area (Å²) in [6.07, 6.45) is 4.91. The van der Waals surface area contributed by atoms with Crippen molar-refractivity contribution in [2.75, 3.05) is 26.3 Å². The van der Waals surface area contributed by atoms with Crippen LogP contribution in [0.4, 0.5) is 0 Å². The number of amides is 1. The summed E-state index contributed by atoms with van der Waals surface area (Å²) < 4.78 is 32.2. The fourth-order valence-corrected chi connectivity index (χ4v) is 3.92. The number of ether oxygens (including phenoxy) is 1. The minimum atomic E-state index is -3.51. The van der Waals surface area contributed by atoms with Gasteiger partial charge >= 0.3 is 0 Å². The van der Waals surface area contributed by atoms with E-state index in [4.69, 9.17) is 4.74 Å². The zero-order chi connectivity index (χ0) is 17.4. The highest BCUT2D eigenvalue weighted by molar-refractivity contribution is 7.89. The minimum absolute atomic E-state index is 0.111. The molecule has 0 atom stereocenters. The van der Waals surface area contributed by atoms with Gasteiger partial charge in [0.15, 0.2) is 0 Å². The fraction of sp³-hybridized carbons (Fsp3) is 0.588. The van der Waals surface area contributed by atoms with Crippen LogP contribution >= 0.6 is 0 Å². The van der Waals surface area contributed by atoms with E-state index in [1.54, 1.807) is 12.1 Å². The van der Waals surface area contributed by atoms with E-state index in [0.29, 0.717) is 19.1 Å². The van der Waals surface area contributed by atoms with Gasteiger partial charge in [0.05, 0.1) is 18.1 Å². The number of nitrogens with one attached hydrogen (secondary N) is 2. The smallest absolute Gasteiger partial charge is 0.240 e. The lowest BCUT2D eigenvalue weighted by molar-refractivity contribution is -0.119. The molecule has 1 amide bonds. The van der Waals surface area contributed by atoms with Crippen molar-refractivity contribution >= 4 is 15.9 Å². The van der Waals surface area contributed by atoms with Crippen molar-refractivity contribution in [2.45, 2.75) is 43.4 Å². The lowest BCUT2D eigenvalue weighted by Crippen LogP contribution is -2.29. The standard InChI is InChI=1S/C17H26N2O4S/c1-14(20)18-10-12-23-13-11-19-24(21,22)17-8-6-16(7-9-17)15-4-2-3-5-15/h6-9,15,19H,2-5,10-13H2,1H3,(H,18,20). The zero-order valence-corrected chi connectivity index (χ0v) is 14.9. The van der Waals surface area contributed by atoms with Crippen LogP contribution in [0, 0.1) is 0 Å². The molecule has 2 rings (SSSR count). The largest absolute Gasteiger partial charge is 0.378 e. The average Bonchev–Trinajstić information content (AvgIpc) is 3.08. The molecule has 6 nitrogen and oxygen atoms in total. The number of hydrogen-bond donors (Lipinski definition) is 2. The molecule has 0 bridgehead atoms. The van der Waals surface area contributed by atoms with E-state index in [2.05, 4.69) is 10.0 Å². The topological polar surface area (TPSA) is 84.5 Å². The number of carbonyl (C=O) groups excluding carboxylic acids is 1. The molecular weight excluding hydrogens is 328 g/mol. The molecule has 134 valence electrons. The van der Waals surface area contributed by atoms with Crippen LogP contribution in [-0.4, -0.2) is 40.6 Å². The Kier molecular flexibility index (Phi) is 7.20. The molecule has 2 N–H and O–H groups in total. The maximum atomic E-state index is 12.2. The first-order chi connectivity index (χ1) is 11.5. The molecule has 24 heavy (non-hydrogen) atoms. The zero-order valence-electron chi connectivity index (χ0n) is 14.1. The van der Waals surface area contributed by atoms with Gasteiger partial charge in [0.2, 0.25) is 15.9 Å². The summed E-state index contributed by atoms with van der Waals surface area (Å²) in [5, 5.41) is 2.60. The van der Waals surface area contributed by atoms with E-state index < -0.39 is 10.0 Å². The first-order valence-corrected chi connectivity index (χ1v) is 9.89. The molecule has 0 heterocycles. The van der Waals surface area contributed by atoms with Crippen LogP contribution in [0.15, 0.2) is 29.2 Å². The van der Waals surface area contributed by atoms with Gasteiger partial charge in [-0.15, -0.1) is 0 Å². The highest BCUT2D eigenvalue weighted by atomic mass is 32.2. The quantitative estimate of drug-likeness (QED) is 0.662. The maximum absolute atomic E-state index is 12.2. The molecule has 7 heteroatoms. The van der Waals surface area contributed by atoms with Gasteiger partial charge in [-0.1, -0.05) is 25.0 Å². The molecule has 0 unspecified atom stereocenters. The molecule has 1 fully saturated rings. The van der Waals surface area contributed by atoms with Crippen LogP contribution < -0.4 is 10.0 Å². The Morgan fingerprint density at radius 1 is 1.12 bits per heavy atom. The maximum Gasteiger partial charge on any atom is 0.240 e. The van der Waals surface area contributed by atoms with Gasteiger partial charge < -0.3 is 10.1 Å². The first kappa shape index (κ1) is 18.9. The summed E-state index contributed by atoms with van der Waals surface area (Å²) in [5.74, 6) is 0.465. The molecule has 1 aliphatic carbocycles. The van der Waals surface area contributed by atoms with Crippen LogP contribution in [0.25, 0.3) is 0 Å². The van der Waals surface area contributed by atoms with Gasteiger partial charge in [0, 0.05) is 20.0 Å². The molecule has 1 aliphatic rings. The highest BCUT2D eigenvalue weighted by Gasteiger charge is 2.18. The van der Waals surface area contributed by atoms with Gasteiger partial charge in [-0.05, 0) is 36.5 Å². The Morgan fingerprint density at radius 3 is 2.38 bits per heavy atom. The van der Waals surface area contributed by atoms with Crippen molar-refractivity contribution < 1.29 is 17.9 Å². The van der Waals surface area contributed by atoms with E-state index in [1.807, 2.05) is 12.1 Å². The molecule has 1 aromatic rings. The van der Waals surface area contributed by atoms with E-state index in [-0.39, 0.29) is 24.0 Å². The third kappa shape index (κ3) is 5.89. The summed E-state index contributed by atoms with van der Waals surface area (Å²) in [6.45, 7) is 2.68. The summed E-state index contributed by atoms with van der Waals surface area (Å²) in [5.41, 5.74) is 1.23. The second-order valence-corrected chi connectivity index (χ2v) is 7.81. The van der Waals surface area contributed by atoms with E-state index in [9.17, 15) is 13.2 Å². The molecule has 1 aromatic carbocycles. The fourth-order valence-electron chi connectivity index (χ4n) is 2.91. The minimum Gasteiger partial charge on any atom is -0.378 e. The predicted molar refractivity (Wildman–Crippen MR) is 92.3 cm³/mol. The molecule has 0 saturated heterocycles. The van der Waals surface area contributed by atoms with E-state index in [0.717, 1.165) is 0 Å². The van der Waals surface area contributed by atoms with E-state index in [1.165, 1.54) is 38.2 Å². The second-order valence-electron chi connectivity index (χ2n) is 6.04. The Bertz CT molecular complexity index is 622. The number of hydrogen-bond acceptors (Lipinski definition) is 4. The van der Waals surface area contributed by atoms with Gasteiger partial charge in [0.25, 0.3) is 0 Å². The summed E-state index contributed by atoms with van der Waals surface area (Å²) >= 11 is 0. The Labute approximate surface area is 144 Å². The second kappa shape index (κ2) is 9.15. The Hall–Kier alpha value is -1.44. The SMILES string of the molecule is CC(=O)NCCOCCNS(=O)(=O)c1ccc(C2CCCC2)cc1. The lowest BCUT2D eigenvalue weighted by atomic mass is 9.98. The summed E-state index contributed by atoms with van der Waals surface area (Å²) in [4.78, 5) is 11.0. The van der Waals surface area contributed by atoms with Crippen LogP contribution in [0.3, 0.4) is 0 Å². The van der Waals surface area contributed by atoms with Crippen molar-refractivity contribution in [3.05, 3.63) is 29.8 Å². The van der Waals surface area contributed by atoms with Gasteiger partial charge in [-0.25, -0.2) is 13.1 Å². The van der Waals surface area contributed by atoms with Crippen LogP contribution in [0.1, 0.15) is 44.1 Å². The molecule has 1 saturated carbocycles. The van der Waals surface area contributed by atoms with Gasteiger partial charge in [-0.2, -0.15) is 0 Å². The third-order valence-electron chi connectivity index (χ3n) is 4.18. The lowest BCUT2D eigenvalue weighted by Gasteiger charge is -2.11. The van der Waals surface area contributed by atoms with Gasteiger partial charge in [0.1, 0.15) is 0 Å². The number of rotatable bonds is 9. The number of carbonyl (C=O) groups is 1. The van der Waals surface area contributed by atoms with E-state index >= 15 is 0 Å². The average molecular weight is 354 g/mol. The van der Waals surface area contributed by atoms with Crippen molar-refractivity contribution in [2.24, 2.45) is 0 Å².